The van der Waals surface area contributed by atoms with Crippen molar-refractivity contribution in [2.24, 2.45) is 0 Å². The third-order valence-electron chi connectivity index (χ3n) is 3.53. The maximum Gasteiger partial charge on any atom is 0.139 e. The molecule has 1 aliphatic carbocycles. The fourth-order valence-corrected chi connectivity index (χ4v) is 2.54. The first-order valence-electron chi connectivity index (χ1n) is 6.36. The Balaban J connectivity index is 2.03. The van der Waals surface area contributed by atoms with E-state index >= 15 is 0 Å². The van der Waals surface area contributed by atoms with Crippen molar-refractivity contribution >= 4 is 11.5 Å². The Kier molecular flexibility index (Phi) is 2.88. The largest absolute Gasteiger partial charge is 0.329 e. The van der Waals surface area contributed by atoms with E-state index in [1.165, 1.54) is 5.56 Å². The number of nitriles is 1. The molecule has 0 amide bonds. The highest BCUT2D eigenvalue weighted by Crippen LogP contribution is 2.31. The van der Waals surface area contributed by atoms with E-state index in [9.17, 15) is 0 Å². The Bertz CT molecular complexity index is 657. The maximum atomic E-state index is 8.98. The lowest BCUT2D eigenvalue weighted by Crippen LogP contribution is -2.14. The van der Waals surface area contributed by atoms with Crippen LogP contribution in [-0.4, -0.2) is 17.0 Å². The van der Waals surface area contributed by atoms with Crippen LogP contribution in [-0.2, 0) is 12.8 Å². The van der Waals surface area contributed by atoms with Crippen LogP contribution >= 0.6 is 0 Å². The molecule has 0 atom stereocenters. The Morgan fingerprint density at radius 2 is 2.16 bits per heavy atom. The number of hydrogen-bond acceptors (Lipinski definition) is 4. The number of aryl methyl sites for hydroxylation is 1. The van der Waals surface area contributed by atoms with Gasteiger partial charge in [-0.1, -0.05) is 6.07 Å². The molecule has 0 spiro atoms. The Morgan fingerprint density at radius 1 is 1.26 bits per heavy atom. The molecule has 0 saturated heterocycles. The van der Waals surface area contributed by atoms with Crippen LogP contribution in [0.15, 0.2) is 30.6 Å². The highest BCUT2D eigenvalue weighted by Gasteiger charge is 2.20. The molecule has 0 fully saturated rings. The molecular weight excluding hydrogens is 236 g/mol. The van der Waals surface area contributed by atoms with Crippen LogP contribution in [0.3, 0.4) is 0 Å². The normalized spacial score (nSPS) is 12.8. The number of fused-ring (bicyclic) bond motifs is 1. The number of rotatable bonds is 2. The third kappa shape index (κ3) is 2.04. The minimum atomic E-state index is 0.662. The van der Waals surface area contributed by atoms with E-state index in [0.717, 1.165) is 36.5 Å². The highest BCUT2D eigenvalue weighted by molar-refractivity contribution is 5.64. The summed E-state index contributed by atoms with van der Waals surface area (Å²) in [5, 5.41) is 8.98. The number of nitrogens with zero attached hydrogens (tertiary/aromatic N) is 4. The Labute approximate surface area is 112 Å². The SMILES string of the molecule is CN(c1cccc(C#N)c1)c1ncnc2c1CCC2. The molecule has 2 aromatic rings. The molecule has 0 N–H and O–H groups in total. The third-order valence-corrected chi connectivity index (χ3v) is 3.53. The molecular formula is C15H14N4. The van der Waals surface area contributed by atoms with Gasteiger partial charge < -0.3 is 4.90 Å². The summed E-state index contributed by atoms with van der Waals surface area (Å²) in [6.07, 6.45) is 4.85. The van der Waals surface area contributed by atoms with Crippen molar-refractivity contribution in [3.63, 3.8) is 0 Å². The zero-order valence-electron chi connectivity index (χ0n) is 10.8. The Hall–Kier alpha value is -2.41. The van der Waals surface area contributed by atoms with Crippen LogP contribution in [0.5, 0.6) is 0 Å². The second kappa shape index (κ2) is 4.69. The predicted octanol–water partition coefficient (Wildman–Crippen LogP) is 2.60. The van der Waals surface area contributed by atoms with Gasteiger partial charge in [0.05, 0.1) is 11.6 Å². The monoisotopic (exact) mass is 250 g/mol. The van der Waals surface area contributed by atoms with Crippen molar-refractivity contribution < 1.29 is 0 Å². The van der Waals surface area contributed by atoms with Gasteiger partial charge in [-0.05, 0) is 37.5 Å². The molecule has 0 bridgehead atoms. The van der Waals surface area contributed by atoms with Crippen LogP contribution in [0, 0.1) is 11.3 Å². The summed E-state index contributed by atoms with van der Waals surface area (Å²) < 4.78 is 0. The van der Waals surface area contributed by atoms with Gasteiger partial charge in [0, 0.05) is 24.0 Å². The summed E-state index contributed by atoms with van der Waals surface area (Å²) >= 11 is 0. The van der Waals surface area contributed by atoms with Gasteiger partial charge in [-0.25, -0.2) is 9.97 Å². The zero-order chi connectivity index (χ0) is 13.2. The second-order valence-electron chi connectivity index (χ2n) is 4.70. The van der Waals surface area contributed by atoms with Crippen molar-refractivity contribution in [1.82, 2.24) is 9.97 Å². The van der Waals surface area contributed by atoms with Gasteiger partial charge in [-0.3, -0.25) is 0 Å². The van der Waals surface area contributed by atoms with E-state index in [4.69, 9.17) is 5.26 Å². The lowest BCUT2D eigenvalue weighted by atomic mass is 10.2. The van der Waals surface area contributed by atoms with Gasteiger partial charge in [0.2, 0.25) is 0 Å². The smallest absolute Gasteiger partial charge is 0.139 e. The summed E-state index contributed by atoms with van der Waals surface area (Å²) in [7, 11) is 1.98. The molecule has 1 aromatic carbocycles. The zero-order valence-corrected chi connectivity index (χ0v) is 10.8. The van der Waals surface area contributed by atoms with Crippen LogP contribution < -0.4 is 4.90 Å². The van der Waals surface area contributed by atoms with E-state index in [1.54, 1.807) is 6.33 Å². The molecule has 1 aliphatic rings. The summed E-state index contributed by atoms with van der Waals surface area (Å²) in [5.41, 5.74) is 4.04. The topological polar surface area (TPSA) is 52.8 Å². The van der Waals surface area contributed by atoms with E-state index in [1.807, 2.05) is 36.2 Å². The van der Waals surface area contributed by atoms with Crippen molar-refractivity contribution in [1.29, 1.82) is 5.26 Å². The second-order valence-corrected chi connectivity index (χ2v) is 4.70. The molecule has 1 heterocycles. The van der Waals surface area contributed by atoms with Crippen molar-refractivity contribution in [3.8, 4) is 6.07 Å². The van der Waals surface area contributed by atoms with E-state index in [-0.39, 0.29) is 0 Å². The first-order chi connectivity index (χ1) is 9.29. The Morgan fingerprint density at radius 3 is 3.00 bits per heavy atom. The van der Waals surface area contributed by atoms with Crippen molar-refractivity contribution in [3.05, 3.63) is 47.4 Å². The molecule has 1 aromatic heterocycles. The average molecular weight is 250 g/mol. The lowest BCUT2D eigenvalue weighted by molar-refractivity contribution is 0.899. The van der Waals surface area contributed by atoms with Gasteiger partial charge >= 0.3 is 0 Å². The number of anilines is 2. The first-order valence-corrected chi connectivity index (χ1v) is 6.36. The molecule has 0 saturated carbocycles. The molecule has 0 unspecified atom stereocenters. The number of hydrogen-bond donors (Lipinski definition) is 0. The summed E-state index contributed by atoms with van der Waals surface area (Å²) in [5.74, 6) is 0.956. The van der Waals surface area contributed by atoms with Gasteiger partial charge in [0.15, 0.2) is 0 Å². The van der Waals surface area contributed by atoms with Crippen LogP contribution in [0.25, 0.3) is 0 Å². The molecule has 0 radical (unpaired) electrons. The predicted molar refractivity (Wildman–Crippen MR) is 73.3 cm³/mol. The minimum absolute atomic E-state index is 0.662. The summed E-state index contributed by atoms with van der Waals surface area (Å²) in [6, 6.07) is 9.74. The summed E-state index contributed by atoms with van der Waals surface area (Å²) in [6.45, 7) is 0. The highest BCUT2D eigenvalue weighted by atomic mass is 15.2. The van der Waals surface area contributed by atoms with Crippen LogP contribution in [0.1, 0.15) is 23.2 Å². The van der Waals surface area contributed by atoms with Gasteiger partial charge in [-0.15, -0.1) is 0 Å². The van der Waals surface area contributed by atoms with E-state index in [0.29, 0.717) is 5.56 Å². The average Bonchev–Trinajstić information content (AvgIpc) is 2.95. The molecule has 94 valence electrons. The first kappa shape index (κ1) is 11.7. The van der Waals surface area contributed by atoms with E-state index in [2.05, 4.69) is 16.0 Å². The van der Waals surface area contributed by atoms with Crippen molar-refractivity contribution in [2.75, 3.05) is 11.9 Å². The van der Waals surface area contributed by atoms with Gasteiger partial charge in [0.1, 0.15) is 12.1 Å². The van der Waals surface area contributed by atoms with Crippen molar-refractivity contribution in [2.45, 2.75) is 19.3 Å². The molecule has 3 rings (SSSR count). The number of benzene rings is 1. The fourth-order valence-electron chi connectivity index (χ4n) is 2.54. The van der Waals surface area contributed by atoms with E-state index < -0.39 is 0 Å². The minimum Gasteiger partial charge on any atom is -0.329 e. The number of aromatic nitrogens is 2. The molecule has 19 heavy (non-hydrogen) atoms. The van der Waals surface area contributed by atoms with Gasteiger partial charge in [-0.2, -0.15) is 5.26 Å². The summed E-state index contributed by atoms with van der Waals surface area (Å²) in [4.78, 5) is 10.8. The molecule has 4 nitrogen and oxygen atoms in total. The van der Waals surface area contributed by atoms with Crippen LogP contribution in [0.2, 0.25) is 0 Å². The standard InChI is InChI=1S/C15H14N4/c1-19(12-5-2-4-11(8-12)9-16)15-13-6-3-7-14(13)17-10-18-15/h2,4-5,8,10H,3,6-7H2,1H3. The molecule has 4 heteroatoms. The lowest BCUT2D eigenvalue weighted by Gasteiger charge is -2.20. The maximum absolute atomic E-state index is 8.98. The fraction of sp³-hybridized carbons (Fsp3) is 0.267. The van der Waals surface area contributed by atoms with Crippen LogP contribution in [0.4, 0.5) is 11.5 Å². The van der Waals surface area contributed by atoms with Gasteiger partial charge in [0.25, 0.3) is 0 Å². The molecule has 0 aliphatic heterocycles. The quantitative estimate of drug-likeness (QED) is 0.822.